The lowest BCUT2D eigenvalue weighted by Gasteiger charge is -2.39. The second-order valence-electron chi connectivity index (χ2n) is 5.69. The summed E-state index contributed by atoms with van der Waals surface area (Å²) in [7, 11) is 0. The molecular weight excluding hydrogens is 242 g/mol. The van der Waals surface area contributed by atoms with Crippen molar-refractivity contribution in [2.45, 2.75) is 33.1 Å². The van der Waals surface area contributed by atoms with Gasteiger partial charge in [0.1, 0.15) is 11.5 Å². The van der Waals surface area contributed by atoms with Crippen LogP contribution in [0.25, 0.3) is 0 Å². The molecule has 0 radical (unpaired) electrons. The Labute approximate surface area is 113 Å². The summed E-state index contributed by atoms with van der Waals surface area (Å²) in [5.41, 5.74) is 0.676. The van der Waals surface area contributed by atoms with Gasteiger partial charge in [-0.1, -0.05) is 20.3 Å². The number of aromatic hydroxyl groups is 2. The van der Waals surface area contributed by atoms with Crippen LogP contribution in [0.3, 0.4) is 0 Å². The van der Waals surface area contributed by atoms with Crippen LogP contribution in [0.1, 0.15) is 43.5 Å². The molecular formula is C15H21NO3. The Balaban J connectivity index is 2.09. The lowest BCUT2D eigenvalue weighted by atomic mass is 9.78. The average Bonchev–Trinajstić information content (AvgIpc) is 2.38. The van der Waals surface area contributed by atoms with E-state index < -0.39 is 0 Å². The van der Waals surface area contributed by atoms with Gasteiger partial charge in [-0.3, -0.25) is 4.79 Å². The highest BCUT2D eigenvalue weighted by atomic mass is 16.3. The lowest BCUT2D eigenvalue weighted by molar-refractivity contribution is 0.0599. The molecule has 1 aliphatic rings. The Hall–Kier alpha value is -1.71. The molecule has 2 rings (SSSR count). The summed E-state index contributed by atoms with van der Waals surface area (Å²) in [4.78, 5) is 14.1. The predicted octanol–water partition coefficient (Wildman–Crippen LogP) is 2.75. The molecule has 0 aliphatic carbocycles. The number of carbonyl (C=O) groups is 1. The van der Waals surface area contributed by atoms with Gasteiger partial charge in [-0.15, -0.1) is 0 Å². The van der Waals surface area contributed by atoms with Crippen LogP contribution in [-0.4, -0.2) is 34.1 Å². The first-order valence-corrected chi connectivity index (χ1v) is 6.76. The molecule has 4 heteroatoms. The van der Waals surface area contributed by atoms with E-state index in [2.05, 4.69) is 13.8 Å². The summed E-state index contributed by atoms with van der Waals surface area (Å²) in [5.74, 6) is -0.290. The van der Waals surface area contributed by atoms with Crippen molar-refractivity contribution in [3.63, 3.8) is 0 Å². The minimum atomic E-state index is -0.121. The summed E-state index contributed by atoms with van der Waals surface area (Å²) in [6, 6.07) is 4.02. The van der Waals surface area contributed by atoms with Gasteiger partial charge < -0.3 is 15.1 Å². The number of nitrogens with zero attached hydrogens (tertiary/aromatic N) is 1. The van der Waals surface area contributed by atoms with Crippen molar-refractivity contribution in [2.75, 3.05) is 13.1 Å². The van der Waals surface area contributed by atoms with Gasteiger partial charge in [0, 0.05) is 24.7 Å². The number of amides is 1. The number of rotatable bonds is 2. The van der Waals surface area contributed by atoms with Crippen molar-refractivity contribution < 1.29 is 15.0 Å². The van der Waals surface area contributed by atoms with E-state index in [0.717, 1.165) is 32.4 Å². The third-order valence-electron chi connectivity index (χ3n) is 4.26. The maximum atomic E-state index is 12.3. The van der Waals surface area contributed by atoms with Crippen LogP contribution in [0, 0.1) is 5.41 Å². The smallest absolute Gasteiger partial charge is 0.254 e. The fourth-order valence-electron chi connectivity index (χ4n) is 2.50. The van der Waals surface area contributed by atoms with Gasteiger partial charge in [0.25, 0.3) is 5.91 Å². The number of phenolic OH excluding ortho intramolecular Hbond substituents is 2. The molecule has 0 spiro atoms. The van der Waals surface area contributed by atoms with Gasteiger partial charge in [-0.2, -0.15) is 0 Å². The number of piperidine rings is 1. The minimum Gasteiger partial charge on any atom is -0.508 e. The molecule has 2 N–H and O–H groups in total. The quantitative estimate of drug-likeness (QED) is 0.862. The molecule has 104 valence electrons. The topological polar surface area (TPSA) is 60.8 Å². The first-order chi connectivity index (χ1) is 8.93. The Morgan fingerprint density at radius 1 is 1.21 bits per heavy atom. The van der Waals surface area contributed by atoms with Gasteiger partial charge in [-0.05, 0) is 30.4 Å². The summed E-state index contributed by atoms with van der Waals surface area (Å²) in [5, 5.41) is 18.9. The molecule has 1 saturated heterocycles. The molecule has 1 heterocycles. The summed E-state index contributed by atoms with van der Waals surface area (Å²) >= 11 is 0. The standard InChI is InChI=1S/C15H21NO3/c1-3-15(2)4-6-16(7-5-15)14(19)11-8-12(17)10-13(18)9-11/h8-10,17-18H,3-7H2,1-2H3. The first kappa shape index (κ1) is 13.7. The Morgan fingerprint density at radius 2 is 1.74 bits per heavy atom. The minimum absolute atomic E-state index is 0.0845. The zero-order valence-corrected chi connectivity index (χ0v) is 11.5. The fraction of sp³-hybridized carbons (Fsp3) is 0.533. The largest absolute Gasteiger partial charge is 0.508 e. The van der Waals surface area contributed by atoms with E-state index in [1.165, 1.54) is 18.2 Å². The van der Waals surface area contributed by atoms with E-state index in [-0.39, 0.29) is 17.4 Å². The van der Waals surface area contributed by atoms with E-state index in [4.69, 9.17) is 0 Å². The Morgan fingerprint density at radius 3 is 2.21 bits per heavy atom. The monoisotopic (exact) mass is 263 g/mol. The van der Waals surface area contributed by atoms with E-state index in [0.29, 0.717) is 11.0 Å². The van der Waals surface area contributed by atoms with Crippen LogP contribution in [0.2, 0.25) is 0 Å². The molecule has 1 fully saturated rings. The fourth-order valence-corrected chi connectivity index (χ4v) is 2.50. The van der Waals surface area contributed by atoms with Gasteiger partial charge >= 0.3 is 0 Å². The molecule has 0 atom stereocenters. The number of hydrogen-bond acceptors (Lipinski definition) is 3. The third kappa shape index (κ3) is 3.00. The Bertz CT molecular complexity index is 456. The van der Waals surface area contributed by atoms with Crippen LogP contribution >= 0.6 is 0 Å². The number of hydrogen-bond donors (Lipinski definition) is 2. The van der Waals surface area contributed by atoms with Crippen molar-refractivity contribution in [3.8, 4) is 11.5 Å². The molecule has 0 bridgehead atoms. The molecule has 0 aromatic heterocycles. The highest BCUT2D eigenvalue weighted by molar-refractivity contribution is 5.95. The Kier molecular flexibility index (Phi) is 3.69. The summed E-state index contributed by atoms with van der Waals surface area (Å²) in [6.07, 6.45) is 3.13. The molecule has 4 nitrogen and oxygen atoms in total. The van der Waals surface area contributed by atoms with Gasteiger partial charge in [-0.25, -0.2) is 0 Å². The van der Waals surface area contributed by atoms with Crippen LogP contribution in [0.15, 0.2) is 18.2 Å². The molecule has 1 amide bonds. The number of carbonyl (C=O) groups excluding carboxylic acids is 1. The van der Waals surface area contributed by atoms with Gasteiger partial charge in [0.2, 0.25) is 0 Å². The van der Waals surface area contributed by atoms with E-state index in [9.17, 15) is 15.0 Å². The van der Waals surface area contributed by atoms with Crippen LogP contribution in [-0.2, 0) is 0 Å². The number of likely N-dealkylation sites (tertiary alicyclic amines) is 1. The van der Waals surface area contributed by atoms with Crippen molar-refractivity contribution in [3.05, 3.63) is 23.8 Å². The van der Waals surface area contributed by atoms with Gasteiger partial charge in [0.05, 0.1) is 0 Å². The maximum absolute atomic E-state index is 12.3. The van der Waals surface area contributed by atoms with Crippen molar-refractivity contribution in [2.24, 2.45) is 5.41 Å². The van der Waals surface area contributed by atoms with Crippen molar-refractivity contribution >= 4 is 5.91 Å². The molecule has 1 aliphatic heterocycles. The zero-order valence-electron chi connectivity index (χ0n) is 11.5. The molecule has 0 unspecified atom stereocenters. The lowest BCUT2D eigenvalue weighted by Crippen LogP contribution is -2.41. The van der Waals surface area contributed by atoms with Crippen molar-refractivity contribution in [1.29, 1.82) is 0 Å². The van der Waals surface area contributed by atoms with Crippen molar-refractivity contribution in [1.82, 2.24) is 4.90 Å². The average molecular weight is 263 g/mol. The second kappa shape index (κ2) is 5.11. The number of phenols is 2. The highest BCUT2D eigenvalue weighted by Gasteiger charge is 2.30. The normalized spacial score (nSPS) is 18.3. The zero-order chi connectivity index (χ0) is 14.0. The molecule has 0 saturated carbocycles. The third-order valence-corrected chi connectivity index (χ3v) is 4.26. The number of benzene rings is 1. The molecule has 1 aromatic carbocycles. The first-order valence-electron chi connectivity index (χ1n) is 6.76. The SMILES string of the molecule is CCC1(C)CCN(C(=O)c2cc(O)cc(O)c2)CC1. The maximum Gasteiger partial charge on any atom is 0.254 e. The van der Waals surface area contributed by atoms with E-state index in [1.807, 2.05) is 0 Å². The van der Waals surface area contributed by atoms with E-state index >= 15 is 0 Å². The second-order valence-corrected chi connectivity index (χ2v) is 5.69. The summed E-state index contributed by atoms with van der Waals surface area (Å²) < 4.78 is 0. The van der Waals surface area contributed by atoms with Crippen LogP contribution in [0.5, 0.6) is 11.5 Å². The highest BCUT2D eigenvalue weighted by Crippen LogP contribution is 2.34. The summed E-state index contributed by atoms with van der Waals surface area (Å²) in [6.45, 7) is 5.92. The van der Waals surface area contributed by atoms with E-state index in [1.54, 1.807) is 4.90 Å². The molecule has 19 heavy (non-hydrogen) atoms. The molecule has 1 aromatic rings. The van der Waals surface area contributed by atoms with Crippen LogP contribution < -0.4 is 0 Å². The predicted molar refractivity (Wildman–Crippen MR) is 73.3 cm³/mol. The van der Waals surface area contributed by atoms with Crippen LogP contribution in [0.4, 0.5) is 0 Å². The van der Waals surface area contributed by atoms with Gasteiger partial charge in [0.15, 0.2) is 0 Å².